The van der Waals surface area contributed by atoms with E-state index in [1.54, 1.807) is 0 Å². The lowest BCUT2D eigenvalue weighted by molar-refractivity contribution is -0.137. The zero-order chi connectivity index (χ0) is 29.2. The van der Waals surface area contributed by atoms with E-state index >= 15 is 0 Å². The molecule has 8 heteroatoms. The summed E-state index contributed by atoms with van der Waals surface area (Å²) in [7, 11) is 0. The van der Waals surface area contributed by atoms with Crippen LogP contribution in [0.15, 0.2) is 106 Å². The first kappa shape index (κ1) is 27.1. The quantitative estimate of drug-likeness (QED) is 0.326. The molecule has 8 bridgehead atoms. The SMILES string of the molecule is CCC1=C(C)C2=NC1=CC1=C(C)C3=C(O)CC(=C4NC(=CC5=NC(=C2)C(CCO)=C5C)[C@@H](C)[C@@H]4CCC(=O)O)C3=N1. The minimum Gasteiger partial charge on any atom is -0.511 e. The van der Waals surface area contributed by atoms with Crippen LogP contribution in [-0.2, 0) is 4.79 Å². The van der Waals surface area contributed by atoms with Gasteiger partial charge < -0.3 is 20.6 Å². The monoisotopic (exact) mass is 552 g/mol. The second-order valence-electron chi connectivity index (χ2n) is 11.5. The number of nitrogens with zero attached hydrogens (tertiary/aromatic N) is 3. The molecular formula is C33H36N4O4. The van der Waals surface area contributed by atoms with Crippen molar-refractivity contribution in [2.45, 2.75) is 66.7 Å². The lowest BCUT2D eigenvalue weighted by Gasteiger charge is -2.17. The van der Waals surface area contributed by atoms with Gasteiger partial charge in [0.15, 0.2) is 0 Å². The second kappa shape index (κ2) is 10.1. The first-order valence-electron chi connectivity index (χ1n) is 14.4. The van der Waals surface area contributed by atoms with Crippen LogP contribution in [0.1, 0.15) is 66.7 Å². The molecule has 0 aromatic heterocycles. The van der Waals surface area contributed by atoms with E-state index in [1.165, 1.54) is 0 Å². The summed E-state index contributed by atoms with van der Waals surface area (Å²) >= 11 is 0. The second-order valence-corrected chi connectivity index (χ2v) is 11.5. The lowest BCUT2D eigenvalue weighted by Crippen LogP contribution is -2.15. The molecule has 0 spiro atoms. The molecule has 5 heterocycles. The highest BCUT2D eigenvalue weighted by Gasteiger charge is 2.41. The first-order valence-corrected chi connectivity index (χ1v) is 14.4. The van der Waals surface area contributed by atoms with Gasteiger partial charge in [0.05, 0.1) is 34.2 Å². The Morgan fingerprint density at radius 1 is 1.00 bits per heavy atom. The van der Waals surface area contributed by atoms with Crippen LogP contribution < -0.4 is 5.32 Å². The number of carbonyl (C=O) groups is 1. The lowest BCUT2D eigenvalue weighted by atomic mass is 9.86. The Morgan fingerprint density at radius 2 is 1.68 bits per heavy atom. The van der Waals surface area contributed by atoms with Crippen LogP contribution in [0.4, 0.5) is 0 Å². The van der Waals surface area contributed by atoms with Crippen molar-refractivity contribution in [3.63, 3.8) is 0 Å². The van der Waals surface area contributed by atoms with E-state index < -0.39 is 5.97 Å². The zero-order valence-corrected chi connectivity index (χ0v) is 24.2. The molecule has 6 aliphatic rings. The molecule has 0 aromatic carbocycles. The van der Waals surface area contributed by atoms with E-state index in [1.807, 2.05) is 26.0 Å². The molecule has 6 rings (SSSR count). The fraction of sp³-hybridized carbons (Fsp3) is 0.394. The number of rotatable bonds is 6. The third-order valence-electron chi connectivity index (χ3n) is 9.21. The number of aliphatic imine (C=N–C) groups is 3. The van der Waals surface area contributed by atoms with Crippen molar-refractivity contribution in [3.05, 3.63) is 91.5 Å². The van der Waals surface area contributed by atoms with Crippen molar-refractivity contribution < 1.29 is 20.1 Å². The average Bonchev–Trinajstić information content (AvgIpc) is 3.67. The molecule has 1 aliphatic carbocycles. The number of hydrogen-bond donors (Lipinski definition) is 4. The van der Waals surface area contributed by atoms with Crippen molar-refractivity contribution in [2.75, 3.05) is 6.61 Å². The molecule has 1 saturated heterocycles. The minimum absolute atomic E-state index is 0.0128. The maximum atomic E-state index is 11.6. The van der Waals surface area contributed by atoms with Gasteiger partial charge in [0.2, 0.25) is 0 Å². The third kappa shape index (κ3) is 4.32. The van der Waals surface area contributed by atoms with E-state index in [-0.39, 0.29) is 24.9 Å². The molecule has 5 aliphatic heterocycles. The summed E-state index contributed by atoms with van der Waals surface area (Å²) in [5, 5.41) is 34.2. The number of carboxylic acid groups (broad SMARTS) is 1. The Labute approximate surface area is 240 Å². The molecule has 41 heavy (non-hydrogen) atoms. The van der Waals surface area contributed by atoms with Crippen LogP contribution in [0.25, 0.3) is 0 Å². The van der Waals surface area contributed by atoms with Crippen LogP contribution in [0.2, 0.25) is 0 Å². The Balaban J connectivity index is 1.61. The number of allylic oxidation sites excluding steroid dienone is 12. The number of fused-ring (bicyclic) bond motifs is 5. The van der Waals surface area contributed by atoms with E-state index in [9.17, 15) is 20.1 Å². The van der Waals surface area contributed by atoms with Crippen LogP contribution in [0.3, 0.4) is 0 Å². The summed E-state index contributed by atoms with van der Waals surface area (Å²) in [6.45, 7) is 10.4. The Bertz CT molecular complexity index is 1650. The molecule has 2 atom stereocenters. The van der Waals surface area contributed by atoms with Gasteiger partial charge in [0.25, 0.3) is 0 Å². The van der Waals surface area contributed by atoms with E-state index in [4.69, 9.17) is 15.0 Å². The van der Waals surface area contributed by atoms with E-state index in [0.29, 0.717) is 25.0 Å². The van der Waals surface area contributed by atoms with Crippen LogP contribution >= 0.6 is 0 Å². The van der Waals surface area contributed by atoms with E-state index in [2.05, 4.69) is 32.2 Å². The standard InChI is InChI=1S/C33H36N4O4/c1-6-19-15(2)24-13-28-20(9-10-38)16(3)23(35-28)12-25-17(4)21(7-8-30(40)41)32(36-25)22-11-29(39)31-18(5)26(37-33(22)31)14-27(19)34-24/h12-14,17,21,36,38-39H,6-11H2,1-5H3,(H,40,41)/t17-,21-/m0/s1. The maximum absolute atomic E-state index is 11.6. The van der Waals surface area contributed by atoms with Gasteiger partial charge in [-0.2, -0.15) is 0 Å². The van der Waals surface area contributed by atoms with Crippen molar-refractivity contribution in [2.24, 2.45) is 26.8 Å². The molecule has 4 N–H and O–H groups in total. The molecule has 212 valence electrons. The molecule has 0 aromatic rings. The zero-order valence-electron chi connectivity index (χ0n) is 24.2. The van der Waals surface area contributed by atoms with Crippen molar-refractivity contribution in [1.29, 1.82) is 0 Å². The van der Waals surface area contributed by atoms with Crippen LogP contribution in [0, 0.1) is 11.8 Å². The van der Waals surface area contributed by atoms with Gasteiger partial charge in [-0.15, -0.1) is 0 Å². The third-order valence-corrected chi connectivity index (χ3v) is 9.21. The van der Waals surface area contributed by atoms with Crippen molar-refractivity contribution in [3.8, 4) is 0 Å². The van der Waals surface area contributed by atoms with Crippen molar-refractivity contribution >= 4 is 23.1 Å². The minimum atomic E-state index is -0.830. The fourth-order valence-electron chi connectivity index (χ4n) is 6.86. The summed E-state index contributed by atoms with van der Waals surface area (Å²) in [6, 6.07) is 0. The molecular weight excluding hydrogens is 516 g/mol. The van der Waals surface area contributed by atoms with Gasteiger partial charge in [-0.25, -0.2) is 15.0 Å². The molecule has 0 unspecified atom stereocenters. The van der Waals surface area contributed by atoms with Gasteiger partial charge in [0.1, 0.15) is 5.76 Å². The first-order chi connectivity index (χ1) is 19.6. The summed E-state index contributed by atoms with van der Waals surface area (Å²) in [5.41, 5.74) is 13.6. The number of aliphatic carboxylic acids is 1. The predicted molar refractivity (Wildman–Crippen MR) is 161 cm³/mol. The van der Waals surface area contributed by atoms with Gasteiger partial charge in [-0.1, -0.05) is 13.8 Å². The number of carboxylic acids is 1. The van der Waals surface area contributed by atoms with Crippen LogP contribution in [-0.4, -0.2) is 45.0 Å². The molecule has 0 saturated carbocycles. The Morgan fingerprint density at radius 3 is 2.37 bits per heavy atom. The van der Waals surface area contributed by atoms with Gasteiger partial charge in [-0.3, -0.25) is 4.79 Å². The molecule has 8 nitrogen and oxygen atoms in total. The number of nitrogens with one attached hydrogen (secondary N) is 1. The number of hydrogen-bond acceptors (Lipinski definition) is 7. The smallest absolute Gasteiger partial charge is 0.303 e. The van der Waals surface area contributed by atoms with Crippen molar-refractivity contribution in [1.82, 2.24) is 5.32 Å². The van der Waals surface area contributed by atoms with Gasteiger partial charge in [-0.05, 0) is 86.1 Å². The normalized spacial score (nSPS) is 25.1. The highest BCUT2D eigenvalue weighted by atomic mass is 16.4. The molecule has 1 fully saturated rings. The van der Waals surface area contributed by atoms with Gasteiger partial charge >= 0.3 is 5.97 Å². The summed E-state index contributed by atoms with van der Waals surface area (Å²) in [4.78, 5) is 26.7. The Hall–Kier alpha value is -4.04. The topological polar surface area (TPSA) is 127 Å². The largest absolute Gasteiger partial charge is 0.511 e. The Kier molecular flexibility index (Phi) is 6.69. The predicted octanol–water partition coefficient (Wildman–Crippen LogP) is 5.91. The summed E-state index contributed by atoms with van der Waals surface area (Å²) in [6.07, 6.45) is 8.27. The summed E-state index contributed by atoms with van der Waals surface area (Å²) in [5.74, 6) is -0.597. The van der Waals surface area contributed by atoms with E-state index in [0.717, 1.165) is 91.1 Å². The summed E-state index contributed by atoms with van der Waals surface area (Å²) < 4.78 is 0. The van der Waals surface area contributed by atoms with Crippen LogP contribution in [0.5, 0.6) is 0 Å². The highest BCUT2D eigenvalue weighted by molar-refractivity contribution is 6.21. The van der Waals surface area contributed by atoms with Gasteiger partial charge in [0, 0.05) is 53.8 Å². The number of aliphatic hydroxyl groups excluding tert-OH is 2. The molecule has 0 radical (unpaired) electrons. The molecule has 0 amide bonds. The highest BCUT2D eigenvalue weighted by Crippen LogP contribution is 2.46. The number of aliphatic hydroxyl groups is 2. The maximum Gasteiger partial charge on any atom is 0.303 e. The average molecular weight is 553 g/mol. The fourth-order valence-corrected chi connectivity index (χ4v) is 6.86.